The molecule has 2 N–H and O–H groups in total. The van der Waals surface area contributed by atoms with E-state index in [1.807, 2.05) is 69.3 Å². The van der Waals surface area contributed by atoms with Crippen molar-refractivity contribution in [3.05, 3.63) is 71.9 Å². The van der Waals surface area contributed by atoms with Gasteiger partial charge >= 0.3 is 5.97 Å². The summed E-state index contributed by atoms with van der Waals surface area (Å²) >= 11 is 5.30. The molecule has 0 radical (unpaired) electrons. The highest BCUT2D eigenvalue weighted by molar-refractivity contribution is 7.80. The lowest BCUT2D eigenvalue weighted by Gasteiger charge is -2.35. The lowest BCUT2D eigenvalue weighted by atomic mass is 9.89. The molecule has 1 fully saturated rings. The maximum Gasteiger partial charge on any atom is 0.317 e. The molecule has 1 heterocycles. The Morgan fingerprint density at radius 3 is 2.55 bits per heavy atom. The van der Waals surface area contributed by atoms with E-state index >= 15 is 0 Å². The van der Waals surface area contributed by atoms with E-state index in [1.54, 1.807) is 0 Å². The second-order valence-corrected chi connectivity index (χ2v) is 7.89. The molecule has 0 saturated carbocycles. The van der Waals surface area contributed by atoms with E-state index in [4.69, 9.17) is 26.4 Å². The lowest BCUT2D eigenvalue weighted by Crippen LogP contribution is -2.51. The van der Waals surface area contributed by atoms with Crippen LogP contribution in [0, 0.1) is 5.92 Å². The van der Waals surface area contributed by atoms with Crippen LogP contribution in [0.5, 0.6) is 11.5 Å². The standard InChI is InChI=1S/C24H28N2O4S/c1-5-28-20-13-18(11-12-19(20)29-14-17-9-7-6-8-10-17)22-21(23(27)30-15(2)3)16(4)25-24(31)26-22/h6-13,15,21-22H,4-5,14H2,1-3H3,(H2,25,26,31)/t21-,22+/m0/s1. The van der Waals surface area contributed by atoms with Crippen LogP contribution in [0.1, 0.15) is 37.9 Å². The van der Waals surface area contributed by atoms with Crippen LogP contribution in [-0.2, 0) is 16.1 Å². The van der Waals surface area contributed by atoms with Crippen LogP contribution < -0.4 is 20.1 Å². The fourth-order valence-corrected chi connectivity index (χ4v) is 3.64. The number of carbonyl (C=O) groups is 1. The molecule has 164 valence electrons. The van der Waals surface area contributed by atoms with Crippen LogP contribution in [0.2, 0.25) is 0 Å². The van der Waals surface area contributed by atoms with Gasteiger partial charge in [-0.05, 0) is 56.2 Å². The van der Waals surface area contributed by atoms with Gasteiger partial charge in [-0.1, -0.05) is 43.0 Å². The maximum absolute atomic E-state index is 12.8. The monoisotopic (exact) mass is 440 g/mol. The van der Waals surface area contributed by atoms with Gasteiger partial charge in [-0.25, -0.2) is 0 Å². The molecule has 1 aliphatic heterocycles. The Morgan fingerprint density at radius 1 is 1.13 bits per heavy atom. The van der Waals surface area contributed by atoms with E-state index in [2.05, 4.69) is 17.2 Å². The molecule has 2 aromatic rings. The Kier molecular flexibility index (Phi) is 7.52. The molecule has 0 unspecified atom stereocenters. The second kappa shape index (κ2) is 10.3. The predicted molar refractivity (Wildman–Crippen MR) is 124 cm³/mol. The van der Waals surface area contributed by atoms with Crippen LogP contribution >= 0.6 is 12.2 Å². The first-order valence-electron chi connectivity index (χ1n) is 10.3. The quantitative estimate of drug-likeness (QED) is 0.469. The van der Waals surface area contributed by atoms with Gasteiger partial charge in [0.05, 0.1) is 18.8 Å². The summed E-state index contributed by atoms with van der Waals surface area (Å²) in [6.07, 6.45) is -0.234. The number of esters is 1. The van der Waals surface area contributed by atoms with E-state index in [0.29, 0.717) is 35.5 Å². The van der Waals surface area contributed by atoms with Crippen LogP contribution in [0.4, 0.5) is 0 Å². The third kappa shape index (κ3) is 5.76. The van der Waals surface area contributed by atoms with Gasteiger partial charge in [0.2, 0.25) is 0 Å². The molecule has 0 aliphatic carbocycles. The number of thiocarbonyl (C=S) groups is 1. The number of rotatable bonds is 8. The first-order valence-corrected chi connectivity index (χ1v) is 10.7. The molecule has 1 aliphatic rings. The van der Waals surface area contributed by atoms with Crippen molar-refractivity contribution >= 4 is 23.3 Å². The van der Waals surface area contributed by atoms with Crippen molar-refractivity contribution in [2.75, 3.05) is 6.61 Å². The molecule has 3 rings (SSSR count). The number of hydrogen-bond donors (Lipinski definition) is 2. The predicted octanol–water partition coefficient (Wildman–Crippen LogP) is 4.26. The van der Waals surface area contributed by atoms with E-state index in [0.717, 1.165) is 11.1 Å². The van der Waals surface area contributed by atoms with E-state index in [-0.39, 0.29) is 12.1 Å². The largest absolute Gasteiger partial charge is 0.490 e. The summed E-state index contributed by atoms with van der Waals surface area (Å²) < 4.78 is 17.3. The number of carbonyl (C=O) groups excluding carboxylic acids is 1. The molecular weight excluding hydrogens is 412 g/mol. The number of ether oxygens (including phenoxy) is 3. The molecular formula is C24H28N2O4S. The maximum atomic E-state index is 12.8. The van der Waals surface area contributed by atoms with Crippen molar-refractivity contribution in [1.29, 1.82) is 0 Å². The van der Waals surface area contributed by atoms with Gasteiger partial charge in [-0.15, -0.1) is 0 Å². The second-order valence-electron chi connectivity index (χ2n) is 7.48. The molecule has 2 aromatic carbocycles. The molecule has 0 aromatic heterocycles. The van der Waals surface area contributed by atoms with Crippen LogP contribution in [0.15, 0.2) is 60.8 Å². The molecule has 7 heteroatoms. The first-order chi connectivity index (χ1) is 14.9. The smallest absolute Gasteiger partial charge is 0.317 e. The van der Waals surface area contributed by atoms with Gasteiger partial charge in [0.1, 0.15) is 12.5 Å². The van der Waals surface area contributed by atoms with Gasteiger partial charge in [-0.2, -0.15) is 0 Å². The Bertz CT molecular complexity index is 946. The summed E-state index contributed by atoms with van der Waals surface area (Å²) in [5.74, 6) is 0.226. The summed E-state index contributed by atoms with van der Waals surface area (Å²) in [6, 6.07) is 15.1. The van der Waals surface area contributed by atoms with Gasteiger partial charge in [0.15, 0.2) is 16.6 Å². The topological polar surface area (TPSA) is 68.8 Å². The summed E-state index contributed by atoms with van der Waals surface area (Å²) in [4.78, 5) is 12.8. The van der Waals surface area contributed by atoms with Crippen molar-refractivity contribution in [2.24, 2.45) is 5.92 Å². The number of hydrogen-bond acceptors (Lipinski definition) is 5. The highest BCUT2D eigenvalue weighted by atomic mass is 32.1. The molecule has 6 nitrogen and oxygen atoms in total. The molecule has 0 spiro atoms. The molecule has 0 amide bonds. The summed E-state index contributed by atoms with van der Waals surface area (Å²) in [6.45, 7) is 10.4. The van der Waals surface area contributed by atoms with E-state index in [1.165, 1.54) is 0 Å². The Balaban J connectivity index is 1.88. The van der Waals surface area contributed by atoms with Gasteiger partial charge < -0.3 is 24.8 Å². The van der Waals surface area contributed by atoms with Crippen molar-refractivity contribution in [3.8, 4) is 11.5 Å². The van der Waals surface area contributed by atoms with Crippen molar-refractivity contribution < 1.29 is 19.0 Å². The first kappa shape index (κ1) is 22.6. The lowest BCUT2D eigenvalue weighted by molar-refractivity contribution is -0.152. The Morgan fingerprint density at radius 2 is 1.87 bits per heavy atom. The van der Waals surface area contributed by atoms with Crippen molar-refractivity contribution in [3.63, 3.8) is 0 Å². The molecule has 2 atom stereocenters. The van der Waals surface area contributed by atoms with Crippen LogP contribution in [-0.4, -0.2) is 23.8 Å². The van der Waals surface area contributed by atoms with Gasteiger partial charge in [-0.3, -0.25) is 4.79 Å². The van der Waals surface area contributed by atoms with Gasteiger partial charge in [0, 0.05) is 5.70 Å². The fraction of sp³-hybridized carbons (Fsp3) is 0.333. The average Bonchev–Trinajstić information content (AvgIpc) is 2.72. The van der Waals surface area contributed by atoms with E-state index < -0.39 is 12.0 Å². The third-order valence-corrected chi connectivity index (χ3v) is 4.96. The minimum absolute atomic E-state index is 0.234. The summed E-state index contributed by atoms with van der Waals surface area (Å²) in [5.41, 5.74) is 2.39. The van der Waals surface area contributed by atoms with E-state index in [9.17, 15) is 4.79 Å². The zero-order valence-corrected chi connectivity index (χ0v) is 18.8. The summed E-state index contributed by atoms with van der Waals surface area (Å²) in [7, 11) is 0. The van der Waals surface area contributed by atoms with Crippen molar-refractivity contribution in [2.45, 2.75) is 39.5 Å². The molecule has 1 saturated heterocycles. The normalized spacial score (nSPS) is 18.2. The average molecular weight is 441 g/mol. The number of nitrogens with one attached hydrogen (secondary N) is 2. The minimum atomic E-state index is -0.639. The van der Waals surface area contributed by atoms with Gasteiger partial charge in [0.25, 0.3) is 0 Å². The zero-order valence-electron chi connectivity index (χ0n) is 18.0. The SMILES string of the molecule is C=C1NC(=S)N[C@H](c2ccc(OCc3ccccc3)c(OCC)c2)[C@H]1C(=O)OC(C)C. The fourth-order valence-electron chi connectivity index (χ4n) is 3.39. The molecule has 0 bridgehead atoms. The molecule has 31 heavy (non-hydrogen) atoms. The number of benzene rings is 2. The third-order valence-electron chi connectivity index (χ3n) is 4.74. The zero-order chi connectivity index (χ0) is 22.4. The Labute approximate surface area is 188 Å². The minimum Gasteiger partial charge on any atom is -0.490 e. The highest BCUT2D eigenvalue weighted by Gasteiger charge is 2.38. The van der Waals surface area contributed by atoms with Crippen LogP contribution in [0.3, 0.4) is 0 Å². The summed E-state index contributed by atoms with van der Waals surface area (Å²) in [5, 5.41) is 6.53. The van der Waals surface area contributed by atoms with Crippen LogP contribution in [0.25, 0.3) is 0 Å². The Hall–Kier alpha value is -3.06. The highest BCUT2D eigenvalue weighted by Crippen LogP contribution is 2.36. The van der Waals surface area contributed by atoms with Crippen molar-refractivity contribution in [1.82, 2.24) is 10.6 Å².